The molecule has 1 aromatic heterocycles. The van der Waals surface area contributed by atoms with Crippen LogP contribution in [-0.2, 0) is 17.1 Å². The number of aromatic nitrogens is 1. The first-order valence-electron chi connectivity index (χ1n) is 7.45. The van der Waals surface area contributed by atoms with Gasteiger partial charge in [-0.25, -0.2) is 18.5 Å². The van der Waals surface area contributed by atoms with Gasteiger partial charge in [0, 0.05) is 18.0 Å². The Hall–Kier alpha value is -1.84. The van der Waals surface area contributed by atoms with Gasteiger partial charge in [-0.15, -0.1) is 23.7 Å². The average molecular weight is 446 g/mol. The Morgan fingerprint density at radius 3 is 2.44 bits per heavy atom. The molecule has 6 nitrogen and oxygen atoms in total. The SMILES string of the molecule is COc1ccc(N=c2scc(-c3ccc(Cl)c(S(N)(=O)=O)c3)n2C)cc1.Cl. The molecular formula is C17H17Cl2N3O3S2. The number of halogens is 2. The second-order valence-corrected chi connectivity index (χ2v) is 8.24. The number of ether oxygens (including phenoxy) is 1. The van der Waals surface area contributed by atoms with Crippen molar-refractivity contribution in [1.29, 1.82) is 0 Å². The first-order chi connectivity index (χ1) is 12.3. The number of benzene rings is 2. The van der Waals surface area contributed by atoms with Crippen molar-refractivity contribution in [2.75, 3.05) is 7.11 Å². The van der Waals surface area contributed by atoms with Crippen molar-refractivity contribution in [2.24, 2.45) is 17.2 Å². The minimum absolute atomic E-state index is 0. The Balaban J connectivity index is 0.00000261. The lowest BCUT2D eigenvalue weighted by atomic mass is 10.2. The largest absolute Gasteiger partial charge is 0.497 e. The molecule has 0 saturated heterocycles. The molecular weight excluding hydrogens is 429 g/mol. The summed E-state index contributed by atoms with van der Waals surface area (Å²) in [6.07, 6.45) is 0. The molecule has 0 amide bonds. The molecule has 0 aliphatic carbocycles. The van der Waals surface area contributed by atoms with Gasteiger partial charge < -0.3 is 9.30 Å². The number of thiazole rings is 1. The number of nitrogens with two attached hydrogens (primary N) is 1. The maximum atomic E-state index is 11.7. The van der Waals surface area contributed by atoms with Crippen LogP contribution in [0.25, 0.3) is 11.3 Å². The van der Waals surface area contributed by atoms with Crippen molar-refractivity contribution in [3.8, 4) is 17.0 Å². The van der Waals surface area contributed by atoms with Gasteiger partial charge in [0.25, 0.3) is 0 Å². The quantitative estimate of drug-likeness (QED) is 0.663. The van der Waals surface area contributed by atoms with Crippen LogP contribution >= 0.6 is 35.3 Å². The van der Waals surface area contributed by atoms with Gasteiger partial charge in [-0.2, -0.15) is 0 Å². The average Bonchev–Trinajstić information content (AvgIpc) is 2.96. The zero-order valence-corrected chi connectivity index (χ0v) is 17.6. The third-order valence-electron chi connectivity index (χ3n) is 3.75. The monoisotopic (exact) mass is 445 g/mol. The molecule has 10 heteroatoms. The number of hydrogen-bond acceptors (Lipinski definition) is 5. The van der Waals surface area contributed by atoms with Crippen molar-refractivity contribution in [2.45, 2.75) is 4.90 Å². The standard InChI is InChI=1S/C17H16ClN3O3S2.ClH/c1-21-15(11-3-8-14(18)16(9-11)26(19,22)23)10-25-17(21)20-12-4-6-13(24-2)7-5-12;/h3-10H,1-2H3,(H2,19,22,23);1H. The first kappa shape index (κ1) is 21.5. The van der Waals surface area contributed by atoms with E-state index in [1.807, 2.05) is 41.3 Å². The molecule has 3 aromatic rings. The second-order valence-electron chi connectivity index (χ2n) is 5.46. The van der Waals surface area contributed by atoms with Crippen LogP contribution in [0.3, 0.4) is 0 Å². The van der Waals surface area contributed by atoms with Crippen LogP contribution in [0, 0.1) is 0 Å². The molecule has 0 atom stereocenters. The number of primary sulfonamides is 1. The maximum absolute atomic E-state index is 11.7. The van der Waals surface area contributed by atoms with Gasteiger partial charge in [-0.05, 0) is 36.4 Å². The molecule has 2 N–H and O–H groups in total. The molecule has 27 heavy (non-hydrogen) atoms. The normalized spacial score (nSPS) is 11.9. The summed E-state index contributed by atoms with van der Waals surface area (Å²) in [6, 6.07) is 12.1. The summed E-state index contributed by atoms with van der Waals surface area (Å²) in [6.45, 7) is 0. The van der Waals surface area contributed by atoms with Crippen LogP contribution in [0.15, 0.2) is 57.7 Å². The molecule has 0 unspecified atom stereocenters. The van der Waals surface area contributed by atoms with E-state index >= 15 is 0 Å². The van der Waals surface area contributed by atoms with Crippen LogP contribution in [-0.4, -0.2) is 20.1 Å². The zero-order chi connectivity index (χ0) is 18.9. The van der Waals surface area contributed by atoms with Crippen LogP contribution in [0.2, 0.25) is 5.02 Å². The molecule has 0 saturated carbocycles. The van der Waals surface area contributed by atoms with Crippen LogP contribution < -0.4 is 14.7 Å². The molecule has 144 valence electrons. The van der Waals surface area contributed by atoms with Crippen LogP contribution in [0.1, 0.15) is 0 Å². The van der Waals surface area contributed by atoms with Crippen LogP contribution in [0.4, 0.5) is 5.69 Å². The smallest absolute Gasteiger partial charge is 0.239 e. The van der Waals surface area contributed by atoms with Gasteiger partial charge >= 0.3 is 0 Å². The number of methoxy groups -OCH3 is 1. The summed E-state index contributed by atoms with van der Waals surface area (Å²) < 4.78 is 30.4. The third kappa shape index (κ3) is 4.72. The fraction of sp³-hybridized carbons (Fsp3) is 0.118. The fourth-order valence-corrected chi connectivity index (χ4v) is 4.38. The van der Waals surface area contributed by atoms with Gasteiger partial charge in [-0.1, -0.05) is 17.7 Å². The van der Waals surface area contributed by atoms with Crippen molar-refractivity contribution >= 4 is 51.1 Å². The van der Waals surface area contributed by atoms with Gasteiger partial charge in [0.1, 0.15) is 10.6 Å². The highest BCUT2D eigenvalue weighted by molar-refractivity contribution is 7.89. The number of nitrogens with zero attached hydrogens (tertiary/aromatic N) is 2. The van der Waals surface area contributed by atoms with E-state index < -0.39 is 10.0 Å². The molecule has 0 bridgehead atoms. The topological polar surface area (TPSA) is 86.7 Å². The van der Waals surface area contributed by atoms with Gasteiger partial charge in [0.2, 0.25) is 10.0 Å². The van der Waals surface area contributed by atoms with Crippen molar-refractivity contribution < 1.29 is 13.2 Å². The van der Waals surface area contributed by atoms with E-state index in [0.717, 1.165) is 21.9 Å². The van der Waals surface area contributed by atoms with E-state index in [0.29, 0.717) is 5.56 Å². The predicted octanol–water partition coefficient (Wildman–Crippen LogP) is 3.72. The highest BCUT2D eigenvalue weighted by atomic mass is 35.5. The van der Waals surface area contributed by atoms with Gasteiger partial charge in [0.15, 0.2) is 4.80 Å². The van der Waals surface area contributed by atoms with Gasteiger partial charge in [0.05, 0.1) is 23.5 Å². The third-order valence-corrected chi connectivity index (χ3v) is 6.06. The minimum atomic E-state index is -3.90. The fourth-order valence-electron chi connectivity index (χ4n) is 2.38. The van der Waals surface area contributed by atoms with Crippen LogP contribution in [0.5, 0.6) is 5.75 Å². The summed E-state index contributed by atoms with van der Waals surface area (Å²) in [5.41, 5.74) is 2.29. The maximum Gasteiger partial charge on any atom is 0.239 e. The molecule has 0 fully saturated rings. The highest BCUT2D eigenvalue weighted by Crippen LogP contribution is 2.28. The van der Waals surface area contributed by atoms with Crippen molar-refractivity contribution in [3.05, 3.63) is 57.7 Å². The Morgan fingerprint density at radius 1 is 1.19 bits per heavy atom. The van der Waals surface area contributed by atoms with Crippen molar-refractivity contribution in [3.63, 3.8) is 0 Å². The summed E-state index contributed by atoms with van der Waals surface area (Å²) in [7, 11) is -0.427. The molecule has 2 aromatic carbocycles. The Kier molecular flexibility index (Phi) is 6.72. The predicted molar refractivity (Wildman–Crippen MR) is 111 cm³/mol. The zero-order valence-electron chi connectivity index (χ0n) is 14.4. The molecule has 0 radical (unpaired) electrons. The van der Waals surface area contributed by atoms with E-state index in [4.69, 9.17) is 21.5 Å². The molecule has 3 rings (SSSR count). The summed E-state index contributed by atoms with van der Waals surface area (Å²) in [5, 5.41) is 7.22. The highest BCUT2D eigenvalue weighted by Gasteiger charge is 2.15. The Morgan fingerprint density at radius 2 is 1.85 bits per heavy atom. The van der Waals surface area contributed by atoms with Crippen molar-refractivity contribution in [1.82, 2.24) is 4.57 Å². The minimum Gasteiger partial charge on any atom is -0.497 e. The molecule has 1 heterocycles. The second kappa shape index (κ2) is 8.45. The van der Waals surface area contributed by atoms with E-state index in [1.165, 1.54) is 23.5 Å². The lowest BCUT2D eigenvalue weighted by Crippen LogP contribution is -2.13. The Bertz CT molecular complexity index is 1120. The van der Waals surface area contributed by atoms with E-state index in [9.17, 15) is 8.42 Å². The first-order valence-corrected chi connectivity index (χ1v) is 10.3. The Labute approximate surface area is 172 Å². The van der Waals surface area contributed by atoms with Gasteiger partial charge in [-0.3, -0.25) is 0 Å². The molecule has 0 aliphatic heterocycles. The lowest BCUT2D eigenvalue weighted by Gasteiger charge is -2.07. The van der Waals surface area contributed by atoms with E-state index in [2.05, 4.69) is 4.99 Å². The lowest BCUT2D eigenvalue weighted by molar-refractivity contribution is 0.415. The molecule has 0 spiro atoms. The summed E-state index contributed by atoms with van der Waals surface area (Å²) in [4.78, 5) is 5.27. The van der Waals surface area contributed by atoms with E-state index in [1.54, 1.807) is 13.2 Å². The molecule has 0 aliphatic rings. The number of rotatable bonds is 4. The van der Waals surface area contributed by atoms with E-state index in [-0.39, 0.29) is 22.3 Å². The number of sulfonamides is 1. The summed E-state index contributed by atoms with van der Waals surface area (Å²) >= 11 is 7.40. The number of hydrogen-bond donors (Lipinski definition) is 1. The summed E-state index contributed by atoms with van der Waals surface area (Å²) in [5.74, 6) is 0.761.